The molecule has 2 aromatic rings. The van der Waals surface area contributed by atoms with E-state index in [-0.39, 0.29) is 23.8 Å². The molecule has 0 unspecified atom stereocenters. The molecule has 0 spiro atoms. The SMILES string of the molecule is Cn1c(CCNC(=O)CCNS(=O)(=O)c2cccc(Br)c2)n[nH]c1=S. The first-order valence-electron chi connectivity index (χ1n) is 7.42. The van der Waals surface area contributed by atoms with Gasteiger partial charge in [-0.3, -0.25) is 9.89 Å². The van der Waals surface area contributed by atoms with Gasteiger partial charge in [0.1, 0.15) is 5.82 Å². The molecule has 1 amide bonds. The highest BCUT2D eigenvalue weighted by Gasteiger charge is 2.14. The predicted octanol–water partition coefficient (Wildman–Crippen LogP) is 1.27. The standard InChI is InChI=1S/C14H18BrN5O3S2/c1-20-12(18-19-14(20)24)5-7-16-13(21)6-8-17-25(22,23)11-4-2-3-10(15)9-11/h2-4,9,17H,5-8H2,1H3,(H,16,21)(H,19,24). The number of halogens is 1. The lowest BCUT2D eigenvalue weighted by Gasteiger charge is -2.08. The molecule has 2 rings (SSSR count). The van der Waals surface area contributed by atoms with E-state index in [0.717, 1.165) is 5.82 Å². The largest absolute Gasteiger partial charge is 0.356 e. The molecule has 11 heteroatoms. The summed E-state index contributed by atoms with van der Waals surface area (Å²) in [4.78, 5) is 11.9. The Morgan fingerprint density at radius 2 is 2.16 bits per heavy atom. The summed E-state index contributed by atoms with van der Waals surface area (Å²) in [6, 6.07) is 6.36. The Hall–Kier alpha value is -1.56. The first-order valence-corrected chi connectivity index (χ1v) is 10.1. The van der Waals surface area contributed by atoms with Crippen molar-refractivity contribution in [3.8, 4) is 0 Å². The summed E-state index contributed by atoms with van der Waals surface area (Å²) in [7, 11) is -1.84. The third-order valence-electron chi connectivity index (χ3n) is 3.39. The summed E-state index contributed by atoms with van der Waals surface area (Å²) < 4.78 is 29.6. The molecular formula is C14H18BrN5O3S2. The summed E-state index contributed by atoms with van der Waals surface area (Å²) in [6.07, 6.45) is 0.575. The van der Waals surface area contributed by atoms with E-state index in [1.165, 1.54) is 12.1 Å². The maximum absolute atomic E-state index is 12.1. The molecule has 0 atom stereocenters. The Labute approximate surface area is 159 Å². The number of carbonyl (C=O) groups excluding carboxylic acids is 1. The number of nitrogens with zero attached hydrogens (tertiary/aromatic N) is 2. The highest BCUT2D eigenvalue weighted by molar-refractivity contribution is 9.10. The van der Waals surface area contributed by atoms with Crippen LogP contribution in [0.3, 0.4) is 0 Å². The molecule has 0 radical (unpaired) electrons. The quantitative estimate of drug-likeness (QED) is 0.527. The lowest BCUT2D eigenvalue weighted by molar-refractivity contribution is -0.120. The van der Waals surface area contributed by atoms with Gasteiger partial charge in [-0.25, -0.2) is 13.1 Å². The third-order valence-corrected chi connectivity index (χ3v) is 5.71. The zero-order valence-corrected chi connectivity index (χ0v) is 16.7. The fourth-order valence-electron chi connectivity index (χ4n) is 2.02. The van der Waals surface area contributed by atoms with Crippen LogP contribution in [0.4, 0.5) is 0 Å². The molecule has 0 aliphatic heterocycles. The fraction of sp³-hybridized carbons (Fsp3) is 0.357. The summed E-state index contributed by atoms with van der Waals surface area (Å²) in [5.74, 6) is 0.495. The van der Waals surface area contributed by atoms with Crippen molar-refractivity contribution in [3.05, 3.63) is 39.3 Å². The van der Waals surface area contributed by atoms with Gasteiger partial charge in [0.2, 0.25) is 15.9 Å². The van der Waals surface area contributed by atoms with Crippen molar-refractivity contribution in [2.45, 2.75) is 17.7 Å². The van der Waals surface area contributed by atoms with E-state index < -0.39 is 10.0 Å². The second kappa shape index (κ2) is 8.70. The molecular weight excluding hydrogens is 430 g/mol. The van der Waals surface area contributed by atoms with Crippen LogP contribution in [-0.2, 0) is 28.3 Å². The minimum Gasteiger partial charge on any atom is -0.356 e. The maximum Gasteiger partial charge on any atom is 0.240 e. The van der Waals surface area contributed by atoms with Gasteiger partial charge in [0.15, 0.2) is 4.77 Å². The molecule has 3 N–H and O–H groups in total. The van der Waals surface area contributed by atoms with Crippen LogP contribution in [0, 0.1) is 4.77 Å². The summed E-state index contributed by atoms with van der Waals surface area (Å²) in [5.41, 5.74) is 0. The average molecular weight is 448 g/mol. The predicted molar refractivity (Wildman–Crippen MR) is 99.1 cm³/mol. The lowest BCUT2D eigenvalue weighted by atomic mass is 10.3. The molecule has 0 aliphatic carbocycles. The Balaban J connectivity index is 1.75. The number of aromatic amines is 1. The van der Waals surface area contributed by atoms with Crippen molar-refractivity contribution in [3.63, 3.8) is 0 Å². The van der Waals surface area contributed by atoms with Crippen LogP contribution < -0.4 is 10.0 Å². The van der Waals surface area contributed by atoms with E-state index in [1.54, 1.807) is 23.7 Å². The summed E-state index contributed by atoms with van der Waals surface area (Å²) >= 11 is 8.23. The van der Waals surface area contributed by atoms with Gasteiger partial charge in [0.05, 0.1) is 4.90 Å². The van der Waals surface area contributed by atoms with Crippen molar-refractivity contribution < 1.29 is 13.2 Å². The average Bonchev–Trinajstić information content (AvgIpc) is 2.87. The van der Waals surface area contributed by atoms with Gasteiger partial charge >= 0.3 is 0 Å². The number of hydrogen-bond acceptors (Lipinski definition) is 5. The number of sulfonamides is 1. The normalized spacial score (nSPS) is 11.4. The second-order valence-corrected chi connectivity index (χ2v) is 8.28. The minimum absolute atomic E-state index is 0.0210. The first kappa shape index (κ1) is 19.8. The molecule has 1 aromatic heterocycles. The van der Waals surface area contributed by atoms with Gasteiger partial charge in [0.25, 0.3) is 0 Å². The van der Waals surface area contributed by atoms with E-state index in [4.69, 9.17) is 12.2 Å². The van der Waals surface area contributed by atoms with Gasteiger partial charge < -0.3 is 9.88 Å². The number of benzene rings is 1. The number of aromatic nitrogens is 3. The maximum atomic E-state index is 12.1. The van der Waals surface area contributed by atoms with Gasteiger partial charge in [-0.1, -0.05) is 22.0 Å². The van der Waals surface area contributed by atoms with Crippen molar-refractivity contribution >= 4 is 44.1 Å². The molecule has 0 aliphatic rings. The van der Waals surface area contributed by atoms with Crippen molar-refractivity contribution in [2.24, 2.45) is 7.05 Å². The second-order valence-electron chi connectivity index (χ2n) is 5.21. The van der Waals surface area contributed by atoms with Gasteiger partial charge in [0, 0.05) is 37.5 Å². The van der Waals surface area contributed by atoms with Gasteiger partial charge in [-0.15, -0.1) is 0 Å². The summed E-state index contributed by atoms with van der Waals surface area (Å²) in [6.45, 7) is 0.415. The van der Waals surface area contributed by atoms with Crippen molar-refractivity contribution in [1.29, 1.82) is 0 Å². The van der Waals surface area contributed by atoms with Crippen molar-refractivity contribution in [1.82, 2.24) is 24.8 Å². The minimum atomic E-state index is -3.63. The number of rotatable bonds is 8. The van der Waals surface area contributed by atoms with Gasteiger partial charge in [-0.2, -0.15) is 5.10 Å². The topological polar surface area (TPSA) is 109 Å². The molecule has 0 saturated heterocycles. The summed E-state index contributed by atoms with van der Waals surface area (Å²) in [5, 5.41) is 9.44. The number of carbonyl (C=O) groups is 1. The van der Waals surface area contributed by atoms with Crippen LogP contribution in [0.5, 0.6) is 0 Å². The van der Waals surface area contributed by atoms with Crippen molar-refractivity contribution in [2.75, 3.05) is 13.1 Å². The lowest BCUT2D eigenvalue weighted by Crippen LogP contribution is -2.32. The van der Waals surface area contributed by atoms with Crippen LogP contribution >= 0.6 is 28.1 Å². The molecule has 1 heterocycles. The Kier molecular flexibility index (Phi) is 6.87. The van der Waals surface area contributed by atoms with E-state index in [9.17, 15) is 13.2 Å². The molecule has 8 nitrogen and oxygen atoms in total. The van der Waals surface area contributed by atoms with Crippen LogP contribution in [0.2, 0.25) is 0 Å². The van der Waals surface area contributed by atoms with Crippen LogP contribution in [0.1, 0.15) is 12.2 Å². The molecule has 1 aromatic carbocycles. The van der Waals surface area contributed by atoms with E-state index in [2.05, 4.69) is 36.2 Å². The highest BCUT2D eigenvalue weighted by atomic mass is 79.9. The van der Waals surface area contributed by atoms with E-state index in [0.29, 0.717) is 22.2 Å². The molecule has 25 heavy (non-hydrogen) atoms. The zero-order valence-electron chi connectivity index (χ0n) is 13.5. The molecule has 0 fully saturated rings. The monoisotopic (exact) mass is 447 g/mol. The molecule has 136 valence electrons. The number of amides is 1. The Morgan fingerprint density at radius 1 is 1.40 bits per heavy atom. The Morgan fingerprint density at radius 3 is 2.80 bits per heavy atom. The van der Waals surface area contributed by atoms with Crippen LogP contribution in [0.25, 0.3) is 0 Å². The van der Waals surface area contributed by atoms with Crippen LogP contribution in [-0.4, -0.2) is 42.2 Å². The fourth-order valence-corrected chi connectivity index (χ4v) is 3.80. The van der Waals surface area contributed by atoms with E-state index >= 15 is 0 Å². The van der Waals surface area contributed by atoms with E-state index in [1.807, 2.05) is 0 Å². The Bertz CT molecular complexity index is 907. The number of H-pyrrole nitrogens is 1. The van der Waals surface area contributed by atoms with Crippen LogP contribution in [0.15, 0.2) is 33.6 Å². The van der Waals surface area contributed by atoms with Gasteiger partial charge in [-0.05, 0) is 30.4 Å². The number of hydrogen-bond donors (Lipinski definition) is 3. The number of nitrogens with one attached hydrogen (secondary N) is 3. The third kappa shape index (κ3) is 5.73. The zero-order chi connectivity index (χ0) is 18.4. The molecule has 0 saturated carbocycles. The molecule has 0 bridgehead atoms. The highest BCUT2D eigenvalue weighted by Crippen LogP contribution is 2.15. The first-order chi connectivity index (χ1) is 11.8. The smallest absolute Gasteiger partial charge is 0.240 e.